The fraction of sp³-hybridized carbons (Fsp3) is 0.391. The van der Waals surface area contributed by atoms with E-state index in [0.717, 1.165) is 0 Å². The van der Waals surface area contributed by atoms with Crippen molar-refractivity contribution < 1.29 is 9.59 Å². The minimum Gasteiger partial charge on any atom is -0.354 e. The molecule has 2 aromatic carbocycles. The quantitative estimate of drug-likeness (QED) is 0.787. The van der Waals surface area contributed by atoms with E-state index >= 15 is 0 Å². The van der Waals surface area contributed by atoms with Gasteiger partial charge in [0.05, 0.1) is 6.04 Å². The third-order valence-electron chi connectivity index (χ3n) is 5.52. The molecule has 154 valence electrons. The van der Waals surface area contributed by atoms with Crippen LogP contribution >= 0.6 is 11.6 Å². The monoisotopic (exact) mass is 413 g/mol. The van der Waals surface area contributed by atoms with Crippen LogP contribution in [0.2, 0.25) is 5.02 Å². The summed E-state index contributed by atoms with van der Waals surface area (Å²) in [4.78, 5) is 29.2. The number of nitrogens with zero attached hydrogens (tertiary/aromatic N) is 2. The molecule has 0 bridgehead atoms. The summed E-state index contributed by atoms with van der Waals surface area (Å²) in [5.74, 6) is 0.0199. The van der Waals surface area contributed by atoms with E-state index in [4.69, 9.17) is 11.6 Å². The summed E-state index contributed by atoms with van der Waals surface area (Å²) in [5, 5.41) is 3.73. The number of nitrogens with one attached hydrogen (secondary N) is 1. The van der Waals surface area contributed by atoms with Crippen LogP contribution < -0.4 is 5.32 Å². The lowest BCUT2D eigenvalue weighted by atomic mass is 9.95. The Morgan fingerprint density at radius 3 is 2.28 bits per heavy atom. The number of benzene rings is 2. The first-order chi connectivity index (χ1) is 14.0. The Hall–Kier alpha value is -2.37. The second-order valence-electron chi connectivity index (χ2n) is 7.71. The lowest BCUT2D eigenvalue weighted by molar-refractivity contribution is -0.126. The van der Waals surface area contributed by atoms with Gasteiger partial charge in [0, 0.05) is 36.1 Å². The number of likely N-dealkylation sites (N-methyl/N-ethyl adjacent to an activating group) is 1. The average molecular weight is 414 g/mol. The van der Waals surface area contributed by atoms with Gasteiger partial charge in [0.2, 0.25) is 5.91 Å². The zero-order valence-corrected chi connectivity index (χ0v) is 17.7. The summed E-state index contributed by atoms with van der Waals surface area (Å²) in [6, 6.07) is 17.3. The lowest BCUT2D eigenvalue weighted by Gasteiger charge is -2.32. The van der Waals surface area contributed by atoms with Crippen molar-refractivity contribution in [3.8, 4) is 0 Å². The first-order valence-electron chi connectivity index (χ1n) is 9.99. The molecule has 0 saturated carbocycles. The molecule has 0 unspecified atom stereocenters. The van der Waals surface area contributed by atoms with Gasteiger partial charge in [-0.05, 0) is 56.8 Å². The van der Waals surface area contributed by atoms with E-state index in [-0.39, 0.29) is 23.8 Å². The topological polar surface area (TPSA) is 52.7 Å². The summed E-state index contributed by atoms with van der Waals surface area (Å²) in [6.07, 6.45) is 1.37. The Labute approximate surface area is 177 Å². The molecule has 1 N–H and O–H groups in total. The van der Waals surface area contributed by atoms with Crippen molar-refractivity contribution in [2.75, 3.05) is 33.7 Å². The minimum absolute atomic E-state index is 0.00252. The zero-order chi connectivity index (χ0) is 20.8. The van der Waals surface area contributed by atoms with Crippen molar-refractivity contribution in [2.24, 2.45) is 5.92 Å². The standard InChI is InChI=1S/C23H28ClN3O2/c1-26(2)21(17-6-4-3-5-7-17)16-25-22(28)18-12-14-27(15-13-18)23(29)19-8-10-20(24)11-9-19/h3-11,18,21H,12-16H2,1-2H3,(H,25,28)/t21-/m1/s1. The molecule has 6 heteroatoms. The van der Waals surface area contributed by atoms with Crippen molar-refractivity contribution >= 4 is 23.4 Å². The van der Waals surface area contributed by atoms with E-state index in [1.807, 2.05) is 37.2 Å². The van der Waals surface area contributed by atoms with E-state index in [9.17, 15) is 9.59 Å². The molecule has 1 fully saturated rings. The smallest absolute Gasteiger partial charge is 0.253 e. The SMILES string of the molecule is CN(C)[C@H](CNC(=O)C1CCN(C(=O)c2ccc(Cl)cc2)CC1)c1ccccc1. The molecule has 2 amide bonds. The Morgan fingerprint density at radius 1 is 1.07 bits per heavy atom. The van der Waals surface area contributed by atoms with Crippen LogP contribution in [0.15, 0.2) is 54.6 Å². The molecule has 5 nitrogen and oxygen atoms in total. The van der Waals surface area contributed by atoms with Crippen LogP contribution in [0.3, 0.4) is 0 Å². The van der Waals surface area contributed by atoms with Crippen molar-refractivity contribution in [1.29, 1.82) is 0 Å². The van der Waals surface area contributed by atoms with Gasteiger partial charge in [-0.2, -0.15) is 0 Å². The van der Waals surface area contributed by atoms with Gasteiger partial charge in [-0.25, -0.2) is 0 Å². The van der Waals surface area contributed by atoms with Crippen LogP contribution in [-0.2, 0) is 4.79 Å². The molecule has 1 aliphatic heterocycles. The van der Waals surface area contributed by atoms with E-state index in [2.05, 4.69) is 22.3 Å². The highest BCUT2D eigenvalue weighted by Gasteiger charge is 2.28. The first-order valence-corrected chi connectivity index (χ1v) is 10.4. The number of likely N-dealkylation sites (tertiary alicyclic amines) is 1. The number of carbonyl (C=O) groups excluding carboxylic acids is 2. The van der Waals surface area contributed by atoms with Crippen molar-refractivity contribution in [3.05, 3.63) is 70.7 Å². The highest BCUT2D eigenvalue weighted by molar-refractivity contribution is 6.30. The second kappa shape index (κ2) is 9.90. The van der Waals surface area contributed by atoms with E-state index in [0.29, 0.717) is 43.1 Å². The Bertz CT molecular complexity index is 816. The van der Waals surface area contributed by atoms with Crippen LogP contribution in [0.5, 0.6) is 0 Å². The largest absolute Gasteiger partial charge is 0.354 e. The highest BCUT2D eigenvalue weighted by Crippen LogP contribution is 2.21. The molecule has 1 saturated heterocycles. The molecular weight excluding hydrogens is 386 g/mol. The van der Waals surface area contributed by atoms with Crippen LogP contribution in [0.4, 0.5) is 0 Å². The van der Waals surface area contributed by atoms with Gasteiger partial charge in [-0.1, -0.05) is 41.9 Å². The molecule has 29 heavy (non-hydrogen) atoms. The van der Waals surface area contributed by atoms with Crippen molar-refractivity contribution in [3.63, 3.8) is 0 Å². The molecule has 0 radical (unpaired) electrons. The number of rotatable bonds is 6. The zero-order valence-electron chi connectivity index (χ0n) is 17.0. The third-order valence-corrected chi connectivity index (χ3v) is 5.77. The molecule has 0 aliphatic carbocycles. The minimum atomic E-state index is -0.0529. The summed E-state index contributed by atoms with van der Waals surface area (Å²) >= 11 is 5.89. The fourth-order valence-corrected chi connectivity index (χ4v) is 3.86. The normalized spacial score (nSPS) is 15.9. The summed E-state index contributed by atoms with van der Waals surface area (Å²) in [6.45, 7) is 1.75. The van der Waals surface area contributed by atoms with E-state index in [1.54, 1.807) is 24.3 Å². The molecule has 2 aromatic rings. The number of hydrogen-bond donors (Lipinski definition) is 1. The Balaban J connectivity index is 1.50. The van der Waals surface area contributed by atoms with Gasteiger partial charge in [-0.3, -0.25) is 9.59 Å². The molecule has 3 rings (SSSR count). The van der Waals surface area contributed by atoms with E-state index < -0.39 is 0 Å². The van der Waals surface area contributed by atoms with Crippen LogP contribution in [0.1, 0.15) is 34.8 Å². The van der Waals surface area contributed by atoms with E-state index in [1.165, 1.54) is 5.56 Å². The number of hydrogen-bond acceptors (Lipinski definition) is 3. The highest BCUT2D eigenvalue weighted by atomic mass is 35.5. The van der Waals surface area contributed by atoms with Crippen molar-refractivity contribution in [2.45, 2.75) is 18.9 Å². The molecule has 1 aliphatic rings. The first kappa shape index (κ1) is 21.3. The molecule has 0 spiro atoms. The summed E-state index contributed by atoms with van der Waals surface area (Å²) in [5.41, 5.74) is 1.81. The van der Waals surface area contributed by atoms with Gasteiger partial charge in [-0.15, -0.1) is 0 Å². The predicted molar refractivity (Wildman–Crippen MR) is 116 cm³/mol. The number of carbonyl (C=O) groups is 2. The van der Waals surface area contributed by atoms with Gasteiger partial charge in [0.1, 0.15) is 0 Å². The maximum atomic E-state index is 12.7. The molecule has 1 atom stereocenters. The van der Waals surface area contributed by atoms with Gasteiger partial charge in [0.15, 0.2) is 0 Å². The maximum absolute atomic E-state index is 12.7. The number of halogens is 1. The summed E-state index contributed by atoms with van der Waals surface area (Å²) < 4.78 is 0. The van der Waals surface area contributed by atoms with Gasteiger partial charge < -0.3 is 15.1 Å². The van der Waals surface area contributed by atoms with Crippen LogP contribution in [0.25, 0.3) is 0 Å². The molecule has 1 heterocycles. The second-order valence-corrected chi connectivity index (χ2v) is 8.15. The van der Waals surface area contributed by atoms with Gasteiger partial charge in [0.25, 0.3) is 5.91 Å². The Morgan fingerprint density at radius 2 is 1.69 bits per heavy atom. The lowest BCUT2D eigenvalue weighted by Crippen LogP contribution is -2.44. The Kier molecular flexibility index (Phi) is 7.29. The third kappa shape index (κ3) is 5.58. The predicted octanol–water partition coefficient (Wildman–Crippen LogP) is 3.61. The maximum Gasteiger partial charge on any atom is 0.253 e. The summed E-state index contributed by atoms with van der Waals surface area (Å²) in [7, 11) is 4.04. The van der Waals surface area contributed by atoms with Crippen molar-refractivity contribution in [1.82, 2.24) is 15.1 Å². The van der Waals surface area contributed by atoms with Crippen LogP contribution in [0, 0.1) is 5.92 Å². The average Bonchev–Trinajstić information content (AvgIpc) is 2.74. The molecule has 0 aromatic heterocycles. The van der Waals surface area contributed by atoms with Gasteiger partial charge >= 0.3 is 0 Å². The van der Waals surface area contributed by atoms with Crippen LogP contribution in [-0.4, -0.2) is 55.3 Å². The number of piperidine rings is 1. The number of amides is 2. The molecular formula is C23H28ClN3O2. The fourth-order valence-electron chi connectivity index (χ4n) is 3.74.